The minimum atomic E-state index is -0.608. The van der Waals surface area contributed by atoms with Crippen molar-refractivity contribution in [1.82, 2.24) is 5.32 Å². The minimum absolute atomic E-state index is 0.0398. The number of aldehydes is 1. The summed E-state index contributed by atoms with van der Waals surface area (Å²) in [6, 6.07) is 4.00. The highest BCUT2D eigenvalue weighted by Crippen LogP contribution is 2.17. The lowest BCUT2D eigenvalue weighted by molar-refractivity contribution is -0.122. The van der Waals surface area contributed by atoms with Crippen molar-refractivity contribution in [1.29, 1.82) is 0 Å². The average molecular weight is 253 g/mol. The molecule has 0 radical (unpaired) electrons. The van der Waals surface area contributed by atoms with E-state index in [-0.39, 0.29) is 36.3 Å². The second kappa shape index (κ2) is 6.74. The van der Waals surface area contributed by atoms with Gasteiger partial charge in [-0.3, -0.25) is 9.59 Å². The summed E-state index contributed by atoms with van der Waals surface area (Å²) in [6.07, 6.45) is 0.718. The van der Waals surface area contributed by atoms with Crippen LogP contribution in [0, 0.1) is 5.82 Å². The molecule has 1 rings (SSSR count). The Balaban J connectivity index is 2.44. The first-order valence-corrected chi connectivity index (χ1v) is 5.70. The largest absolute Gasteiger partial charge is 0.490 e. The summed E-state index contributed by atoms with van der Waals surface area (Å²) in [5.41, 5.74) is 0.248. The van der Waals surface area contributed by atoms with E-state index >= 15 is 0 Å². The number of nitrogens with one attached hydrogen (secondary N) is 1. The van der Waals surface area contributed by atoms with Crippen LogP contribution in [-0.4, -0.2) is 24.8 Å². The van der Waals surface area contributed by atoms with Gasteiger partial charge in [0, 0.05) is 11.6 Å². The van der Waals surface area contributed by atoms with Crippen molar-refractivity contribution in [3.05, 3.63) is 29.6 Å². The van der Waals surface area contributed by atoms with Crippen molar-refractivity contribution in [3.8, 4) is 5.75 Å². The predicted molar refractivity (Wildman–Crippen MR) is 65.2 cm³/mol. The predicted octanol–water partition coefficient (Wildman–Crippen LogP) is 1.93. The number of halogens is 1. The van der Waals surface area contributed by atoms with Crippen molar-refractivity contribution in [2.24, 2.45) is 0 Å². The van der Waals surface area contributed by atoms with Gasteiger partial charge < -0.3 is 10.1 Å². The first-order valence-electron chi connectivity index (χ1n) is 5.70. The van der Waals surface area contributed by atoms with Crippen LogP contribution >= 0.6 is 0 Å². The highest BCUT2D eigenvalue weighted by atomic mass is 19.1. The Labute approximate surface area is 105 Å². The molecule has 4 nitrogen and oxygen atoms in total. The summed E-state index contributed by atoms with van der Waals surface area (Å²) in [5, 5.41) is 2.70. The Morgan fingerprint density at radius 3 is 2.78 bits per heavy atom. The Bertz CT molecular complexity index is 432. The van der Waals surface area contributed by atoms with Gasteiger partial charge in [-0.05, 0) is 32.0 Å². The summed E-state index contributed by atoms with van der Waals surface area (Å²) in [5.74, 6) is -0.711. The van der Waals surface area contributed by atoms with Crippen LogP contribution in [0.5, 0.6) is 5.75 Å². The van der Waals surface area contributed by atoms with E-state index in [1.54, 1.807) is 0 Å². The summed E-state index contributed by atoms with van der Waals surface area (Å²) < 4.78 is 18.5. The molecule has 18 heavy (non-hydrogen) atoms. The van der Waals surface area contributed by atoms with Crippen molar-refractivity contribution in [3.63, 3.8) is 0 Å². The first-order chi connectivity index (χ1) is 8.52. The lowest BCUT2D eigenvalue weighted by Crippen LogP contribution is -2.31. The Kier molecular flexibility index (Phi) is 5.30. The fourth-order valence-corrected chi connectivity index (χ4v) is 1.36. The molecule has 0 bridgehead atoms. The molecule has 5 heteroatoms. The molecule has 0 fully saturated rings. The van der Waals surface area contributed by atoms with Crippen molar-refractivity contribution in [2.75, 3.05) is 6.61 Å². The van der Waals surface area contributed by atoms with Gasteiger partial charge in [-0.15, -0.1) is 0 Å². The maximum absolute atomic E-state index is 13.4. The van der Waals surface area contributed by atoms with Crippen molar-refractivity contribution < 1.29 is 18.7 Å². The highest BCUT2D eigenvalue weighted by molar-refractivity contribution is 5.76. The zero-order chi connectivity index (χ0) is 13.5. The Hall–Kier alpha value is -1.91. The molecule has 0 saturated carbocycles. The quantitative estimate of drug-likeness (QED) is 0.788. The van der Waals surface area contributed by atoms with Crippen LogP contribution in [-0.2, 0) is 4.79 Å². The van der Waals surface area contributed by atoms with Gasteiger partial charge in [0.1, 0.15) is 6.29 Å². The third-order valence-electron chi connectivity index (χ3n) is 2.13. The molecule has 0 atom stereocenters. The molecule has 0 spiro atoms. The van der Waals surface area contributed by atoms with Gasteiger partial charge >= 0.3 is 0 Å². The number of carbonyl (C=O) groups is 2. The standard InChI is InChI=1S/C13H16FNO3/c1-9(2)15-13(17)5-6-18-12-4-3-10(8-16)7-11(12)14/h3-4,7-9H,5-6H2,1-2H3,(H,15,17). The van der Waals surface area contributed by atoms with Crippen LogP contribution in [0.15, 0.2) is 18.2 Å². The molecular weight excluding hydrogens is 237 g/mol. The zero-order valence-electron chi connectivity index (χ0n) is 10.4. The number of carbonyl (C=O) groups excluding carboxylic acids is 2. The molecule has 0 aliphatic carbocycles. The van der Waals surface area contributed by atoms with E-state index in [1.165, 1.54) is 12.1 Å². The van der Waals surface area contributed by atoms with Gasteiger partial charge in [0.05, 0.1) is 13.0 Å². The SMILES string of the molecule is CC(C)NC(=O)CCOc1ccc(C=O)cc1F. The molecule has 0 unspecified atom stereocenters. The monoisotopic (exact) mass is 253 g/mol. The van der Waals surface area contributed by atoms with Gasteiger partial charge in [-0.1, -0.05) is 0 Å². The topological polar surface area (TPSA) is 55.4 Å². The zero-order valence-corrected chi connectivity index (χ0v) is 10.4. The van der Waals surface area contributed by atoms with Crippen molar-refractivity contribution >= 4 is 12.2 Å². The number of amides is 1. The number of hydrogen-bond donors (Lipinski definition) is 1. The molecule has 1 amide bonds. The molecule has 0 aliphatic heterocycles. The van der Waals surface area contributed by atoms with Gasteiger partial charge in [-0.2, -0.15) is 0 Å². The molecule has 1 N–H and O–H groups in total. The van der Waals surface area contributed by atoms with Gasteiger partial charge in [0.25, 0.3) is 0 Å². The maximum Gasteiger partial charge on any atom is 0.223 e. The molecule has 1 aromatic carbocycles. The fourth-order valence-electron chi connectivity index (χ4n) is 1.36. The van der Waals surface area contributed by atoms with E-state index in [9.17, 15) is 14.0 Å². The van der Waals surface area contributed by atoms with Gasteiger partial charge in [0.15, 0.2) is 11.6 Å². The number of benzene rings is 1. The third kappa shape index (κ3) is 4.53. The average Bonchev–Trinajstić information content (AvgIpc) is 2.30. The third-order valence-corrected chi connectivity index (χ3v) is 2.13. The molecule has 0 aliphatic rings. The van der Waals surface area contributed by atoms with Gasteiger partial charge in [0.2, 0.25) is 5.91 Å². The molecule has 98 valence electrons. The van der Waals surface area contributed by atoms with Crippen LogP contribution < -0.4 is 10.1 Å². The van der Waals surface area contributed by atoms with E-state index in [4.69, 9.17) is 4.74 Å². The normalized spacial score (nSPS) is 10.2. The van der Waals surface area contributed by atoms with Gasteiger partial charge in [-0.25, -0.2) is 4.39 Å². The molecule has 1 aromatic rings. The molecular formula is C13H16FNO3. The summed E-state index contributed by atoms with van der Waals surface area (Å²) in [6.45, 7) is 3.81. The van der Waals surface area contributed by atoms with Crippen LogP contribution in [0.1, 0.15) is 30.6 Å². The Morgan fingerprint density at radius 2 is 2.22 bits per heavy atom. The number of hydrogen-bond acceptors (Lipinski definition) is 3. The summed E-state index contributed by atoms with van der Waals surface area (Å²) >= 11 is 0. The summed E-state index contributed by atoms with van der Waals surface area (Å²) in [7, 11) is 0. The van der Waals surface area contributed by atoms with E-state index in [0.717, 1.165) is 6.07 Å². The van der Waals surface area contributed by atoms with E-state index in [0.29, 0.717) is 6.29 Å². The second-order valence-electron chi connectivity index (χ2n) is 4.13. The van der Waals surface area contributed by atoms with Crippen LogP contribution in [0.3, 0.4) is 0 Å². The minimum Gasteiger partial charge on any atom is -0.490 e. The molecule has 0 saturated heterocycles. The smallest absolute Gasteiger partial charge is 0.223 e. The second-order valence-corrected chi connectivity index (χ2v) is 4.13. The molecule has 0 heterocycles. The van der Waals surface area contributed by atoms with E-state index in [1.807, 2.05) is 13.8 Å². The summed E-state index contributed by atoms with van der Waals surface area (Å²) in [4.78, 5) is 21.7. The van der Waals surface area contributed by atoms with Crippen LogP contribution in [0.25, 0.3) is 0 Å². The van der Waals surface area contributed by atoms with Crippen LogP contribution in [0.4, 0.5) is 4.39 Å². The fraction of sp³-hybridized carbons (Fsp3) is 0.385. The lowest BCUT2D eigenvalue weighted by Gasteiger charge is -2.09. The van der Waals surface area contributed by atoms with E-state index < -0.39 is 5.82 Å². The lowest BCUT2D eigenvalue weighted by atomic mass is 10.2. The van der Waals surface area contributed by atoms with E-state index in [2.05, 4.69) is 5.32 Å². The number of ether oxygens (including phenoxy) is 1. The highest BCUT2D eigenvalue weighted by Gasteiger charge is 2.07. The first kappa shape index (κ1) is 14.2. The Morgan fingerprint density at radius 1 is 1.50 bits per heavy atom. The number of rotatable bonds is 6. The van der Waals surface area contributed by atoms with Crippen LogP contribution in [0.2, 0.25) is 0 Å². The van der Waals surface area contributed by atoms with Crippen molar-refractivity contribution in [2.45, 2.75) is 26.3 Å². The molecule has 0 aromatic heterocycles. The maximum atomic E-state index is 13.4.